The van der Waals surface area contributed by atoms with E-state index in [1.54, 1.807) is 0 Å². The smallest absolute Gasteiger partial charge is 0.416 e. The molecule has 2 aromatic carbocycles. The predicted octanol–water partition coefficient (Wildman–Crippen LogP) is 5.87. The van der Waals surface area contributed by atoms with Crippen LogP contribution in [0.4, 0.5) is 26.3 Å². The minimum absolute atomic E-state index is 0.0684. The standard InChI is InChI=1S/C19H14F6O2/c1-12(26)27-17(10-13-4-2-6-15(8-13)18(20,21)22)11-14-5-3-7-16(9-14)19(23,24)25/h2-10H,11H2,1H3/b17-10-. The van der Waals surface area contributed by atoms with Crippen LogP contribution in [0.1, 0.15) is 29.2 Å². The van der Waals surface area contributed by atoms with E-state index in [2.05, 4.69) is 0 Å². The zero-order chi connectivity index (χ0) is 20.2. The van der Waals surface area contributed by atoms with Crippen LogP contribution in [0, 0.1) is 0 Å². The minimum Gasteiger partial charge on any atom is -0.431 e. The third-order valence-electron chi connectivity index (χ3n) is 3.45. The molecule has 0 amide bonds. The number of ether oxygens (including phenoxy) is 1. The molecule has 0 saturated heterocycles. The molecule has 0 atom stereocenters. The zero-order valence-electron chi connectivity index (χ0n) is 14.0. The van der Waals surface area contributed by atoms with Gasteiger partial charge < -0.3 is 4.74 Å². The summed E-state index contributed by atoms with van der Waals surface area (Å²) in [5, 5.41) is 0. The fourth-order valence-electron chi connectivity index (χ4n) is 2.35. The second-order valence-electron chi connectivity index (χ2n) is 5.70. The molecule has 2 rings (SSSR count). The Bertz CT molecular complexity index is 850. The van der Waals surface area contributed by atoms with Crippen LogP contribution >= 0.6 is 0 Å². The third kappa shape index (κ3) is 6.16. The van der Waals surface area contributed by atoms with E-state index in [4.69, 9.17) is 4.74 Å². The Labute approximate surface area is 151 Å². The Hall–Kier alpha value is -2.77. The lowest BCUT2D eigenvalue weighted by molar-refractivity contribution is -0.138. The molecule has 0 saturated carbocycles. The maximum atomic E-state index is 12.8. The first kappa shape index (κ1) is 20.5. The van der Waals surface area contributed by atoms with Crippen LogP contribution in [-0.2, 0) is 28.3 Å². The van der Waals surface area contributed by atoms with Gasteiger partial charge >= 0.3 is 18.3 Å². The Balaban J connectivity index is 2.36. The van der Waals surface area contributed by atoms with E-state index in [1.807, 2.05) is 0 Å². The van der Waals surface area contributed by atoms with Gasteiger partial charge in [0.2, 0.25) is 0 Å². The van der Waals surface area contributed by atoms with Crippen LogP contribution in [0.5, 0.6) is 0 Å². The first-order valence-electron chi connectivity index (χ1n) is 7.67. The van der Waals surface area contributed by atoms with Gasteiger partial charge in [-0.05, 0) is 35.4 Å². The minimum atomic E-state index is -4.55. The van der Waals surface area contributed by atoms with Crippen molar-refractivity contribution in [2.45, 2.75) is 25.7 Å². The average molecular weight is 388 g/mol. The van der Waals surface area contributed by atoms with E-state index >= 15 is 0 Å². The predicted molar refractivity (Wildman–Crippen MR) is 86.3 cm³/mol. The summed E-state index contributed by atoms with van der Waals surface area (Å²) < 4.78 is 81.8. The van der Waals surface area contributed by atoms with E-state index in [1.165, 1.54) is 30.3 Å². The van der Waals surface area contributed by atoms with Gasteiger partial charge in [-0.2, -0.15) is 26.3 Å². The highest BCUT2D eigenvalue weighted by molar-refractivity contribution is 5.69. The highest BCUT2D eigenvalue weighted by atomic mass is 19.4. The van der Waals surface area contributed by atoms with Gasteiger partial charge in [-0.3, -0.25) is 4.79 Å². The van der Waals surface area contributed by atoms with E-state index < -0.39 is 29.4 Å². The molecule has 8 heteroatoms. The zero-order valence-corrected chi connectivity index (χ0v) is 14.0. The normalized spacial score (nSPS) is 12.8. The Morgan fingerprint density at radius 3 is 2.04 bits per heavy atom. The number of benzene rings is 2. The number of alkyl halides is 6. The summed E-state index contributed by atoms with van der Waals surface area (Å²) in [4.78, 5) is 11.3. The molecule has 0 fully saturated rings. The second-order valence-corrected chi connectivity index (χ2v) is 5.70. The first-order valence-corrected chi connectivity index (χ1v) is 7.67. The molecule has 2 aromatic rings. The van der Waals surface area contributed by atoms with Crippen molar-refractivity contribution in [3.8, 4) is 0 Å². The molecule has 0 bridgehead atoms. The van der Waals surface area contributed by atoms with Gasteiger partial charge in [0.25, 0.3) is 0 Å². The van der Waals surface area contributed by atoms with E-state index in [0.717, 1.165) is 31.2 Å². The highest BCUT2D eigenvalue weighted by Gasteiger charge is 2.31. The van der Waals surface area contributed by atoms with Crippen LogP contribution in [0.2, 0.25) is 0 Å². The SMILES string of the molecule is CC(=O)O/C(=C\c1cccc(C(F)(F)F)c1)Cc1cccc(C(F)(F)F)c1. The molecule has 0 aliphatic carbocycles. The number of carbonyl (C=O) groups excluding carboxylic acids is 1. The Kier molecular flexibility index (Phi) is 5.98. The van der Waals surface area contributed by atoms with Crippen LogP contribution in [-0.4, -0.2) is 5.97 Å². The topological polar surface area (TPSA) is 26.3 Å². The summed E-state index contributed by atoms with van der Waals surface area (Å²) in [6, 6.07) is 8.68. The fourth-order valence-corrected chi connectivity index (χ4v) is 2.35. The molecule has 0 aliphatic heterocycles. The molecule has 144 valence electrons. The Morgan fingerprint density at radius 2 is 1.48 bits per heavy atom. The largest absolute Gasteiger partial charge is 0.431 e. The van der Waals surface area contributed by atoms with Crippen LogP contribution < -0.4 is 0 Å². The Morgan fingerprint density at radius 1 is 0.926 bits per heavy atom. The number of carbonyl (C=O) groups is 1. The summed E-state index contributed by atoms with van der Waals surface area (Å²) >= 11 is 0. The summed E-state index contributed by atoms with van der Waals surface area (Å²) in [5.41, 5.74) is -1.46. The third-order valence-corrected chi connectivity index (χ3v) is 3.45. The van der Waals surface area contributed by atoms with Gasteiger partial charge in [0.05, 0.1) is 11.1 Å². The van der Waals surface area contributed by atoms with Crippen molar-refractivity contribution in [3.05, 3.63) is 76.5 Å². The van der Waals surface area contributed by atoms with Gasteiger partial charge in [0.1, 0.15) is 5.76 Å². The molecule has 27 heavy (non-hydrogen) atoms. The van der Waals surface area contributed by atoms with Crippen molar-refractivity contribution in [1.82, 2.24) is 0 Å². The number of allylic oxidation sites excluding steroid dienone is 1. The summed E-state index contributed by atoms with van der Waals surface area (Å²) in [7, 11) is 0. The second kappa shape index (κ2) is 7.85. The number of esters is 1. The number of halogens is 6. The lowest BCUT2D eigenvalue weighted by Gasteiger charge is -2.11. The first-order chi connectivity index (χ1) is 12.4. The highest BCUT2D eigenvalue weighted by Crippen LogP contribution is 2.31. The van der Waals surface area contributed by atoms with Gasteiger partial charge in [0.15, 0.2) is 0 Å². The van der Waals surface area contributed by atoms with Gasteiger partial charge in [-0.25, -0.2) is 0 Å². The lowest BCUT2D eigenvalue weighted by atomic mass is 10.0. The lowest BCUT2D eigenvalue weighted by Crippen LogP contribution is -2.07. The van der Waals surface area contributed by atoms with Crippen molar-refractivity contribution in [3.63, 3.8) is 0 Å². The van der Waals surface area contributed by atoms with Crippen molar-refractivity contribution in [2.24, 2.45) is 0 Å². The quantitative estimate of drug-likeness (QED) is 0.372. The van der Waals surface area contributed by atoms with Crippen molar-refractivity contribution < 1.29 is 35.9 Å². The number of hydrogen-bond donors (Lipinski definition) is 0. The summed E-state index contributed by atoms with van der Waals surface area (Å²) in [6.07, 6.45) is -8.09. The fraction of sp³-hybridized carbons (Fsp3) is 0.211. The molecule has 0 unspecified atom stereocenters. The van der Waals surface area contributed by atoms with E-state index in [9.17, 15) is 31.1 Å². The van der Waals surface area contributed by atoms with Crippen molar-refractivity contribution in [2.75, 3.05) is 0 Å². The van der Waals surface area contributed by atoms with Crippen molar-refractivity contribution >= 4 is 12.0 Å². The van der Waals surface area contributed by atoms with Crippen LogP contribution in [0.15, 0.2) is 54.3 Å². The van der Waals surface area contributed by atoms with Crippen molar-refractivity contribution in [1.29, 1.82) is 0 Å². The number of rotatable bonds is 4. The molecular formula is C19H14F6O2. The molecule has 0 aliphatic rings. The monoisotopic (exact) mass is 388 g/mol. The molecule has 0 N–H and O–H groups in total. The molecular weight excluding hydrogens is 374 g/mol. The molecule has 0 spiro atoms. The summed E-state index contributed by atoms with van der Waals surface area (Å²) in [6.45, 7) is 1.09. The van der Waals surface area contributed by atoms with Crippen LogP contribution in [0.25, 0.3) is 6.08 Å². The number of hydrogen-bond acceptors (Lipinski definition) is 2. The molecule has 0 aromatic heterocycles. The van der Waals surface area contributed by atoms with Gasteiger partial charge in [-0.15, -0.1) is 0 Å². The molecule has 0 heterocycles. The molecule has 0 radical (unpaired) electrons. The maximum Gasteiger partial charge on any atom is 0.416 e. The van der Waals surface area contributed by atoms with Crippen LogP contribution in [0.3, 0.4) is 0 Å². The average Bonchev–Trinajstić information content (AvgIpc) is 2.53. The maximum absolute atomic E-state index is 12.8. The van der Waals surface area contributed by atoms with E-state index in [-0.39, 0.29) is 23.3 Å². The van der Waals surface area contributed by atoms with E-state index in [0.29, 0.717) is 0 Å². The van der Waals surface area contributed by atoms with Gasteiger partial charge in [-0.1, -0.05) is 30.3 Å². The summed E-state index contributed by atoms with van der Waals surface area (Å²) in [5.74, 6) is -0.804. The molecule has 2 nitrogen and oxygen atoms in total. The van der Waals surface area contributed by atoms with Gasteiger partial charge in [0, 0.05) is 13.3 Å².